The zero-order valence-electron chi connectivity index (χ0n) is 13.3. The lowest BCUT2D eigenvalue weighted by molar-refractivity contribution is 0.0880. The Labute approximate surface area is 146 Å². The number of nitrogens with zero attached hydrogens (tertiary/aromatic N) is 1. The van der Waals surface area contributed by atoms with Crippen LogP contribution in [0.4, 0.5) is 10.2 Å². The maximum atomic E-state index is 14.7. The van der Waals surface area contributed by atoms with Crippen molar-refractivity contribution in [2.45, 2.75) is 0 Å². The Balaban J connectivity index is 1.90. The summed E-state index contributed by atoms with van der Waals surface area (Å²) in [5.74, 6) is -2.36. The minimum absolute atomic E-state index is 0.0952. The lowest BCUT2D eigenvalue weighted by Crippen LogP contribution is -2.24. The summed E-state index contributed by atoms with van der Waals surface area (Å²) >= 11 is 0. The molecule has 1 aliphatic rings. The summed E-state index contributed by atoms with van der Waals surface area (Å²) in [6.45, 7) is 0. The molecule has 0 fully saturated rings. The van der Waals surface area contributed by atoms with E-state index in [9.17, 15) is 18.8 Å². The molecule has 0 saturated carbocycles. The average molecular weight is 349 g/mol. The molecule has 3 aromatic rings. The summed E-state index contributed by atoms with van der Waals surface area (Å²) in [6, 6.07) is 14.5. The minimum Gasteiger partial charge on any atom is -0.384 e. The number of amides is 2. The third-order valence-electron chi connectivity index (χ3n) is 4.25. The number of hydrogen-bond donors (Lipinski definition) is 2. The quantitative estimate of drug-likeness (QED) is 0.693. The van der Waals surface area contributed by atoms with Gasteiger partial charge in [-0.1, -0.05) is 36.4 Å². The number of anilines is 1. The van der Waals surface area contributed by atoms with Gasteiger partial charge in [-0.2, -0.15) is 0 Å². The molecule has 0 aliphatic carbocycles. The van der Waals surface area contributed by atoms with E-state index >= 15 is 0 Å². The fraction of sp³-hybridized carbons (Fsp3) is 0. The Bertz CT molecular complexity index is 1140. The van der Waals surface area contributed by atoms with Crippen molar-refractivity contribution in [3.05, 3.63) is 81.9 Å². The highest BCUT2D eigenvalue weighted by Gasteiger charge is 2.32. The van der Waals surface area contributed by atoms with Crippen LogP contribution in [-0.2, 0) is 0 Å². The number of pyridine rings is 1. The summed E-state index contributed by atoms with van der Waals surface area (Å²) in [7, 11) is 0. The van der Waals surface area contributed by atoms with Crippen LogP contribution >= 0.6 is 0 Å². The first-order chi connectivity index (χ1) is 12.5. The predicted molar refractivity (Wildman–Crippen MR) is 93.6 cm³/mol. The van der Waals surface area contributed by atoms with E-state index in [-0.39, 0.29) is 22.6 Å². The number of nitrogens with two attached hydrogens (primary N) is 1. The van der Waals surface area contributed by atoms with E-state index in [1.807, 2.05) is 30.3 Å². The Morgan fingerprint density at radius 2 is 1.62 bits per heavy atom. The van der Waals surface area contributed by atoms with Gasteiger partial charge in [-0.15, -0.1) is 0 Å². The minimum atomic E-state index is -0.711. The van der Waals surface area contributed by atoms with E-state index < -0.39 is 23.2 Å². The van der Waals surface area contributed by atoms with Gasteiger partial charge in [0.2, 0.25) is 0 Å². The van der Waals surface area contributed by atoms with Crippen LogP contribution in [0.15, 0.2) is 59.4 Å². The molecule has 0 radical (unpaired) electrons. The van der Waals surface area contributed by atoms with Crippen molar-refractivity contribution in [1.29, 1.82) is 0 Å². The molecule has 26 heavy (non-hydrogen) atoms. The lowest BCUT2D eigenvalue weighted by Gasteiger charge is -2.13. The van der Waals surface area contributed by atoms with Gasteiger partial charge in [-0.3, -0.25) is 24.3 Å². The number of fused-ring (bicyclic) bond motifs is 1. The second-order valence-electron chi connectivity index (χ2n) is 5.81. The van der Waals surface area contributed by atoms with Crippen LogP contribution in [-0.4, -0.2) is 16.4 Å². The molecule has 7 heteroatoms. The molecule has 4 rings (SSSR count). The summed E-state index contributed by atoms with van der Waals surface area (Å²) < 4.78 is 15.6. The Morgan fingerprint density at radius 1 is 0.885 bits per heavy atom. The maximum Gasteiger partial charge on any atom is 0.262 e. The smallest absolute Gasteiger partial charge is 0.262 e. The van der Waals surface area contributed by atoms with Crippen LogP contribution in [0.25, 0.3) is 16.8 Å². The van der Waals surface area contributed by atoms with Crippen molar-refractivity contribution in [2.24, 2.45) is 0 Å². The third kappa shape index (κ3) is 2.29. The molecule has 6 nitrogen and oxygen atoms in total. The molecular formula is C19H12FN3O3. The highest BCUT2D eigenvalue weighted by Crippen LogP contribution is 2.27. The van der Waals surface area contributed by atoms with Crippen LogP contribution in [0.2, 0.25) is 0 Å². The van der Waals surface area contributed by atoms with E-state index in [4.69, 9.17) is 5.73 Å². The van der Waals surface area contributed by atoms with Gasteiger partial charge >= 0.3 is 0 Å². The van der Waals surface area contributed by atoms with Gasteiger partial charge in [0.25, 0.3) is 17.4 Å². The normalized spacial score (nSPS) is 12.8. The second kappa shape index (κ2) is 5.66. The SMILES string of the molecule is Nc1c2c(cc(=O)n1-c1ccc(-c3ccccc3)cc1F)C(=O)NC2=O. The molecule has 3 N–H and O–H groups in total. The van der Waals surface area contributed by atoms with Crippen molar-refractivity contribution < 1.29 is 14.0 Å². The zero-order valence-corrected chi connectivity index (χ0v) is 13.3. The van der Waals surface area contributed by atoms with Crippen LogP contribution in [0.1, 0.15) is 20.7 Å². The number of aromatic nitrogens is 1. The van der Waals surface area contributed by atoms with Gasteiger partial charge in [-0.25, -0.2) is 4.39 Å². The number of imide groups is 1. The molecule has 2 amide bonds. The van der Waals surface area contributed by atoms with E-state index in [0.717, 1.165) is 16.2 Å². The molecule has 0 spiro atoms. The van der Waals surface area contributed by atoms with E-state index in [2.05, 4.69) is 5.32 Å². The zero-order chi connectivity index (χ0) is 18.4. The van der Waals surface area contributed by atoms with Crippen molar-refractivity contribution in [1.82, 2.24) is 9.88 Å². The van der Waals surface area contributed by atoms with Gasteiger partial charge in [-0.05, 0) is 23.3 Å². The van der Waals surface area contributed by atoms with Gasteiger partial charge in [0.1, 0.15) is 11.6 Å². The van der Waals surface area contributed by atoms with Crippen LogP contribution in [0.3, 0.4) is 0 Å². The number of rotatable bonds is 2. The molecule has 1 aliphatic heterocycles. The standard InChI is InChI=1S/C19H12FN3O3/c20-13-8-11(10-4-2-1-3-5-10)6-7-14(13)23-15(24)9-12-16(17(23)21)19(26)22-18(12)25/h1-9H,21H2,(H,22,25,26). The molecule has 128 valence electrons. The van der Waals surface area contributed by atoms with Crippen molar-refractivity contribution in [3.63, 3.8) is 0 Å². The van der Waals surface area contributed by atoms with Crippen LogP contribution in [0, 0.1) is 5.82 Å². The number of carbonyl (C=O) groups excluding carboxylic acids is 2. The summed E-state index contributed by atoms with van der Waals surface area (Å²) in [5.41, 5.74) is 6.35. The third-order valence-corrected chi connectivity index (χ3v) is 4.25. The lowest BCUT2D eigenvalue weighted by atomic mass is 10.0. The molecule has 0 saturated heterocycles. The Hall–Kier alpha value is -3.74. The van der Waals surface area contributed by atoms with Crippen molar-refractivity contribution in [3.8, 4) is 16.8 Å². The molecule has 0 atom stereocenters. The van der Waals surface area contributed by atoms with Crippen molar-refractivity contribution in [2.75, 3.05) is 5.73 Å². The molecule has 0 bridgehead atoms. The Morgan fingerprint density at radius 3 is 2.31 bits per heavy atom. The van der Waals surface area contributed by atoms with E-state index in [1.165, 1.54) is 12.1 Å². The summed E-state index contributed by atoms with van der Waals surface area (Å²) in [6.07, 6.45) is 0. The molecular weight excluding hydrogens is 337 g/mol. The summed E-state index contributed by atoms with van der Waals surface area (Å²) in [5, 5.41) is 2.07. The Kier molecular flexibility index (Phi) is 3.43. The predicted octanol–water partition coefficient (Wildman–Crippen LogP) is 2.11. The first-order valence-corrected chi connectivity index (χ1v) is 7.74. The van der Waals surface area contributed by atoms with E-state index in [1.54, 1.807) is 6.07 Å². The van der Waals surface area contributed by atoms with Crippen LogP contribution in [0.5, 0.6) is 0 Å². The fourth-order valence-electron chi connectivity index (χ4n) is 3.03. The molecule has 1 aromatic heterocycles. The van der Waals surface area contributed by atoms with Crippen LogP contribution < -0.4 is 16.6 Å². The number of carbonyl (C=O) groups is 2. The van der Waals surface area contributed by atoms with E-state index in [0.29, 0.717) is 5.56 Å². The first kappa shape index (κ1) is 15.8. The number of halogens is 1. The molecule has 2 heterocycles. The number of nitrogens with one attached hydrogen (secondary N) is 1. The average Bonchev–Trinajstić information content (AvgIpc) is 2.91. The number of nitrogen functional groups attached to an aromatic ring is 1. The summed E-state index contributed by atoms with van der Waals surface area (Å²) in [4.78, 5) is 36.0. The van der Waals surface area contributed by atoms with Gasteiger partial charge < -0.3 is 5.73 Å². The maximum absolute atomic E-state index is 14.7. The number of hydrogen-bond acceptors (Lipinski definition) is 4. The monoisotopic (exact) mass is 349 g/mol. The van der Waals surface area contributed by atoms with Gasteiger partial charge in [0, 0.05) is 6.07 Å². The first-order valence-electron chi connectivity index (χ1n) is 7.74. The largest absolute Gasteiger partial charge is 0.384 e. The van der Waals surface area contributed by atoms with Gasteiger partial charge in [0.05, 0.1) is 16.8 Å². The highest BCUT2D eigenvalue weighted by molar-refractivity contribution is 6.23. The highest BCUT2D eigenvalue weighted by atomic mass is 19.1. The fourth-order valence-corrected chi connectivity index (χ4v) is 3.03. The second-order valence-corrected chi connectivity index (χ2v) is 5.81. The number of benzene rings is 2. The molecule has 2 aromatic carbocycles. The molecule has 0 unspecified atom stereocenters. The topological polar surface area (TPSA) is 94.2 Å². The van der Waals surface area contributed by atoms with Gasteiger partial charge in [0.15, 0.2) is 0 Å². The van der Waals surface area contributed by atoms with Crippen molar-refractivity contribution >= 4 is 17.6 Å².